The van der Waals surface area contributed by atoms with Gasteiger partial charge in [0.1, 0.15) is 0 Å². The minimum Gasteiger partial charge on any atom is -0.364 e. The van der Waals surface area contributed by atoms with E-state index in [2.05, 4.69) is 10.4 Å². The van der Waals surface area contributed by atoms with Gasteiger partial charge in [-0.3, -0.25) is 20.0 Å². The SMILES string of the molecule is NNC(=O)CCNc1n[nH]c(=O)[nH]c1=O. The van der Waals surface area contributed by atoms with Crippen LogP contribution in [0.15, 0.2) is 9.59 Å². The van der Waals surface area contributed by atoms with Crippen molar-refractivity contribution in [2.45, 2.75) is 6.42 Å². The lowest BCUT2D eigenvalue weighted by Gasteiger charge is -2.02. The molecule has 0 aliphatic heterocycles. The van der Waals surface area contributed by atoms with Crippen LogP contribution >= 0.6 is 0 Å². The Morgan fingerprint density at radius 1 is 1.47 bits per heavy atom. The lowest BCUT2D eigenvalue weighted by Crippen LogP contribution is -2.32. The van der Waals surface area contributed by atoms with Crippen LogP contribution in [-0.4, -0.2) is 27.6 Å². The van der Waals surface area contributed by atoms with Gasteiger partial charge in [-0.25, -0.2) is 15.7 Å². The molecule has 15 heavy (non-hydrogen) atoms. The van der Waals surface area contributed by atoms with Crippen LogP contribution in [0.2, 0.25) is 0 Å². The Bertz CT molecular complexity index is 449. The largest absolute Gasteiger partial charge is 0.364 e. The summed E-state index contributed by atoms with van der Waals surface area (Å²) < 4.78 is 0. The fourth-order valence-electron chi connectivity index (χ4n) is 0.834. The van der Waals surface area contributed by atoms with E-state index in [1.807, 2.05) is 15.5 Å². The monoisotopic (exact) mass is 214 g/mol. The van der Waals surface area contributed by atoms with Crippen LogP contribution in [0.5, 0.6) is 0 Å². The zero-order valence-electron chi connectivity index (χ0n) is 7.66. The van der Waals surface area contributed by atoms with Crippen LogP contribution in [0.25, 0.3) is 0 Å². The van der Waals surface area contributed by atoms with E-state index in [9.17, 15) is 14.4 Å². The maximum atomic E-state index is 11.1. The lowest BCUT2D eigenvalue weighted by molar-refractivity contribution is -0.120. The molecule has 0 aliphatic rings. The maximum Gasteiger partial charge on any atom is 0.342 e. The number of nitrogens with zero attached hydrogens (tertiary/aromatic N) is 1. The molecule has 0 spiro atoms. The van der Waals surface area contributed by atoms with Crippen molar-refractivity contribution in [1.82, 2.24) is 20.6 Å². The van der Waals surface area contributed by atoms with Crippen LogP contribution < -0.4 is 27.8 Å². The maximum absolute atomic E-state index is 11.1. The number of amides is 1. The van der Waals surface area contributed by atoms with Gasteiger partial charge in [0.05, 0.1) is 0 Å². The van der Waals surface area contributed by atoms with Crippen molar-refractivity contribution in [2.24, 2.45) is 5.84 Å². The number of anilines is 1. The van der Waals surface area contributed by atoms with Gasteiger partial charge in [0.2, 0.25) is 11.7 Å². The first-order valence-electron chi connectivity index (χ1n) is 4.06. The molecule has 0 saturated carbocycles. The fourth-order valence-corrected chi connectivity index (χ4v) is 0.834. The molecule has 1 aromatic heterocycles. The first-order chi connectivity index (χ1) is 7.13. The van der Waals surface area contributed by atoms with Crippen molar-refractivity contribution in [3.8, 4) is 0 Å². The molecule has 0 aromatic carbocycles. The summed E-state index contributed by atoms with van der Waals surface area (Å²) in [5, 5.41) is 8.05. The first-order valence-corrected chi connectivity index (χ1v) is 4.06. The average Bonchev–Trinajstić information content (AvgIpc) is 2.21. The number of carbonyl (C=O) groups is 1. The Morgan fingerprint density at radius 3 is 2.80 bits per heavy atom. The molecule has 0 unspecified atom stereocenters. The molecule has 6 N–H and O–H groups in total. The van der Waals surface area contributed by atoms with Crippen LogP contribution in [0.1, 0.15) is 6.42 Å². The average molecular weight is 214 g/mol. The quantitative estimate of drug-likeness (QED) is 0.208. The van der Waals surface area contributed by atoms with Gasteiger partial charge < -0.3 is 5.32 Å². The standard InChI is InChI=1S/C6H10N6O3/c7-10-3(13)1-2-8-4-5(14)9-6(15)12-11-4/h1-2,7H2,(H,8,11)(H,10,13)(H2,9,12,14,15). The number of aromatic amines is 2. The summed E-state index contributed by atoms with van der Waals surface area (Å²) >= 11 is 0. The zero-order chi connectivity index (χ0) is 11.3. The van der Waals surface area contributed by atoms with Crippen LogP contribution in [-0.2, 0) is 4.79 Å². The third-order valence-corrected chi connectivity index (χ3v) is 1.52. The van der Waals surface area contributed by atoms with Gasteiger partial charge in [-0.15, -0.1) is 5.10 Å². The summed E-state index contributed by atoms with van der Waals surface area (Å²) in [6, 6.07) is 0. The molecule has 9 heteroatoms. The Balaban J connectivity index is 2.55. The molecular formula is C6H10N6O3. The fraction of sp³-hybridized carbons (Fsp3) is 0.333. The number of nitrogens with one attached hydrogen (secondary N) is 4. The number of hydrogen-bond acceptors (Lipinski definition) is 6. The van der Waals surface area contributed by atoms with Gasteiger partial charge in [0.25, 0.3) is 5.56 Å². The van der Waals surface area contributed by atoms with Gasteiger partial charge in [-0.05, 0) is 0 Å². The van der Waals surface area contributed by atoms with E-state index in [1.165, 1.54) is 0 Å². The van der Waals surface area contributed by atoms with Gasteiger partial charge in [0.15, 0.2) is 0 Å². The topological polar surface area (TPSA) is 146 Å². The second-order valence-corrected chi connectivity index (χ2v) is 2.60. The highest BCUT2D eigenvalue weighted by molar-refractivity contribution is 5.75. The molecule has 1 aromatic rings. The zero-order valence-corrected chi connectivity index (χ0v) is 7.66. The number of rotatable bonds is 4. The van der Waals surface area contributed by atoms with Crippen molar-refractivity contribution in [1.29, 1.82) is 0 Å². The van der Waals surface area contributed by atoms with Crippen LogP contribution in [0, 0.1) is 0 Å². The van der Waals surface area contributed by atoms with E-state index in [0.29, 0.717) is 0 Å². The predicted octanol–water partition coefficient (Wildman–Crippen LogP) is -2.75. The third-order valence-electron chi connectivity index (χ3n) is 1.52. The first kappa shape index (κ1) is 10.9. The van der Waals surface area contributed by atoms with Gasteiger partial charge >= 0.3 is 5.69 Å². The molecule has 0 saturated heterocycles. The molecule has 0 atom stereocenters. The molecule has 0 fully saturated rings. The van der Waals surface area contributed by atoms with E-state index >= 15 is 0 Å². The van der Waals surface area contributed by atoms with Gasteiger partial charge in [-0.2, -0.15) is 0 Å². The van der Waals surface area contributed by atoms with Gasteiger partial charge in [0, 0.05) is 13.0 Å². The number of aromatic nitrogens is 3. The number of nitrogens with two attached hydrogens (primary N) is 1. The summed E-state index contributed by atoms with van der Waals surface area (Å²) in [7, 11) is 0. The molecule has 9 nitrogen and oxygen atoms in total. The van der Waals surface area contributed by atoms with E-state index in [-0.39, 0.29) is 24.7 Å². The summed E-state index contributed by atoms with van der Waals surface area (Å²) in [5.41, 5.74) is 0.596. The summed E-state index contributed by atoms with van der Waals surface area (Å²) in [5.74, 6) is 4.41. The van der Waals surface area contributed by atoms with Crippen molar-refractivity contribution in [3.63, 3.8) is 0 Å². The van der Waals surface area contributed by atoms with Crippen molar-refractivity contribution >= 4 is 11.7 Å². The van der Waals surface area contributed by atoms with Gasteiger partial charge in [-0.1, -0.05) is 0 Å². The Labute approximate surface area is 83.0 Å². The molecule has 1 amide bonds. The van der Waals surface area contributed by atoms with Crippen LogP contribution in [0.4, 0.5) is 5.82 Å². The smallest absolute Gasteiger partial charge is 0.342 e. The van der Waals surface area contributed by atoms with Crippen molar-refractivity contribution in [3.05, 3.63) is 20.8 Å². The Kier molecular flexibility index (Phi) is 3.57. The molecular weight excluding hydrogens is 204 g/mol. The minimum atomic E-state index is -0.690. The summed E-state index contributed by atoms with van der Waals surface area (Å²) in [6.45, 7) is 0.186. The highest BCUT2D eigenvalue weighted by atomic mass is 16.2. The van der Waals surface area contributed by atoms with Crippen molar-refractivity contribution in [2.75, 3.05) is 11.9 Å². The lowest BCUT2D eigenvalue weighted by atomic mass is 10.4. The van der Waals surface area contributed by atoms with Crippen LogP contribution in [0.3, 0.4) is 0 Å². The second kappa shape index (κ2) is 4.91. The number of hydrogen-bond donors (Lipinski definition) is 5. The summed E-state index contributed by atoms with van der Waals surface area (Å²) in [4.78, 5) is 34.3. The Hall–Kier alpha value is -2.16. The van der Waals surface area contributed by atoms with E-state index in [4.69, 9.17) is 5.84 Å². The highest BCUT2D eigenvalue weighted by Crippen LogP contribution is 1.87. The normalized spacial score (nSPS) is 9.67. The molecule has 82 valence electrons. The Morgan fingerprint density at radius 2 is 2.20 bits per heavy atom. The molecule has 0 radical (unpaired) electrons. The summed E-state index contributed by atoms with van der Waals surface area (Å²) in [6.07, 6.45) is 0.0940. The van der Waals surface area contributed by atoms with E-state index in [0.717, 1.165) is 0 Å². The number of H-pyrrole nitrogens is 2. The number of carbonyl (C=O) groups excluding carboxylic acids is 1. The second-order valence-electron chi connectivity index (χ2n) is 2.60. The van der Waals surface area contributed by atoms with E-state index < -0.39 is 11.2 Å². The third kappa shape index (κ3) is 3.23. The molecule has 0 bridgehead atoms. The molecule has 1 heterocycles. The molecule has 1 rings (SSSR count). The minimum absolute atomic E-state index is 0.0561. The van der Waals surface area contributed by atoms with Crippen molar-refractivity contribution < 1.29 is 4.79 Å². The van der Waals surface area contributed by atoms with E-state index in [1.54, 1.807) is 0 Å². The predicted molar refractivity (Wildman–Crippen MR) is 50.9 cm³/mol. The number of hydrazine groups is 1. The molecule has 0 aliphatic carbocycles. The highest BCUT2D eigenvalue weighted by Gasteiger charge is 2.02.